The van der Waals surface area contributed by atoms with E-state index in [-0.39, 0.29) is 23.4 Å². The Hall–Kier alpha value is -3.81. The van der Waals surface area contributed by atoms with E-state index in [0.29, 0.717) is 17.8 Å². The number of aryl methyl sites for hydroxylation is 1. The molecule has 0 radical (unpaired) electrons. The lowest BCUT2D eigenvalue weighted by Crippen LogP contribution is -2.54. The normalized spacial score (nSPS) is 21.0. The zero-order valence-electron chi connectivity index (χ0n) is 19.9. The van der Waals surface area contributed by atoms with Crippen LogP contribution in [0.3, 0.4) is 0 Å². The number of carbonyl (C=O) groups excluding carboxylic acids is 2. The zero-order chi connectivity index (χ0) is 25.2. The summed E-state index contributed by atoms with van der Waals surface area (Å²) in [5.74, 6) is -1.95. The van der Waals surface area contributed by atoms with Gasteiger partial charge < -0.3 is 16.2 Å². The second kappa shape index (κ2) is 10.0. The molecule has 0 aromatic heterocycles. The number of nitrogens with one attached hydrogen (secondary N) is 1. The van der Waals surface area contributed by atoms with Gasteiger partial charge in [0.1, 0.15) is 0 Å². The molecule has 1 aliphatic carbocycles. The van der Waals surface area contributed by atoms with Crippen LogP contribution in [0.2, 0.25) is 0 Å². The number of anilines is 1. The number of carboxylic acids is 1. The van der Waals surface area contributed by atoms with E-state index in [0.717, 1.165) is 42.4 Å². The van der Waals surface area contributed by atoms with Crippen molar-refractivity contribution in [3.8, 4) is 0 Å². The molecule has 0 spiro atoms. The summed E-state index contributed by atoms with van der Waals surface area (Å²) in [4.78, 5) is 40.6. The molecule has 1 fully saturated rings. The minimum Gasteiger partial charge on any atom is -0.478 e. The lowest BCUT2D eigenvalue weighted by Gasteiger charge is -2.35. The van der Waals surface area contributed by atoms with Crippen LogP contribution in [0.25, 0.3) is 0 Å². The number of nitrogens with two attached hydrogens (primary N) is 1. The van der Waals surface area contributed by atoms with Gasteiger partial charge in [0.05, 0.1) is 17.3 Å². The summed E-state index contributed by atoms with van der Waals surface area (Å²) < 4.78 is 0. The van der Waals surface area contributed by atoms with Gasteiger partial charge in [-0.25, -0.2) is 9.69 Å². The number of carboxylic acid groups (broad SMARTS) is 1. The Bertz CT molecular complexity index is 1290. The highest BCUT2D eigenvalue weighted by atomic mass is 16.4. The number of hydrogen-bond acceptors (Lipinski definition) is 5. The molecule has 0 bridgehead atoms. The number of aromatic carboxylic acids is 1. The molecule has 2 aliphatic rings. The maximum Gasteiger partial charge on any atom is 0.335 e. The van der Waals surface area contributed by atoms with E-state index in [1.54, 1.807) is 6.07 Å². The number of amides is 2. The van der Waals surface area contributed by atoms with Gasteiger partial charge >= 0.3 is 5.97 Å². The molecule has 0 saturated carbocycles. The van der Waals surface area contributed by atoms with Crippen LogP contribution in [0.5, 0.6) is 0 Å². The van der Waals surface area contributed by atoms with E-state index in [1.807, 2.05) is 42.5 Å². The third kappa shape index (κ3) is 4.55. The van der Waals surface area contributed by atoms with Crippen LogP contribution in [-0.4, -0.2) is 35.5 Å². The predicted octanol–water partition coefficient (Wildman–Crippen LogP) is 4.04. The first kappa shape index (κ1) is 23.9. The lowest BCUT2D eigenvalue weighted by molar-refractivity contribution is -0.121. The van der Waals surface area contributed by atoms with E-state index < -0.39 is 17.9 Å². The van der Waals surface area contributed by atoms with Crippen LogP contribution in [0.4, 0.5) is 5.69 Å². The third-order valence-electron chi connectivity index (χ3n) is 7.26. The van der Waals surface area contributed by atoms with Crippen molar-refractivity contribution in [3.63, 3.8) is 0 Å². The van der Waals surface area contributed by atoms with Crippen molar-refractivity contribution in [1.29, 1.82) is 0 Å². The van der Waals surface area contributed by atoms with Gasteiger partial charge in [-0.05, 0) is 85.3 Å². The van der Waals surface area contributed by atoms with Crippen molar-refractivity contribution < 1.29 is 19.5 Å². The fourth-order valence-corrected chi connectivity index (χ4v) is 5.36. The average molecular weight is 484 g/mol. The van der Waals surface area contributed by atoms with Gasteiger partial charge in [0.25, 0.3) is 11.8 Å². The Kier molecular flexibility index (Phi) is 6.67. The van der Waals surface area contributed by atoms with Crippen molar-refractivity contribution in [2.75, 3.05) is 11.4 Å². The number of benzene rings is 3. The summed E-state index contributed by atoms with van der Waals surface area (Å²) in [7, 11) is 0. The van der Waals surface area contributed by atoms with E-state index in [2.05, 4.69) is 5.32 Å². The molecule has 184 valence electrons. The van der Waals surface area contributed by atoms with Gasteiger partial charge in [0, 0.05) is 17.5 Å². The Labute approximate surface area is 209 Å². The quantitative estimate of drug-likeness (QED) is 0.472. The standard InChI is InChI=1S/C29H29N3O4/c30-25-15-11-20-17-21(10-14-23(20)25)27(33)32(22-12-8-19(9-13-22)29(35)36)28(34)26-24(7-4-16-31-26)18-5-2-1-3-6-18/h1-3,5-6,8-10,12-14,17,24-26,31H,4,7,11,15-16,30H2,(H,35,36)/t24?,25-,26?/m0/s1. The summed E-state index contributed by atoms with van der Waals surface area (Å²) in [6.45, 7) is 0.677. The van der Waals surface area contributed by atoms with Crippen LogP contribution in [0.1, 0.15) is 68.6 Å². The van der Waals surface area contributed by atoms with Gasteiger partial charge in [-0.15, -0.1) is 0 Å². The van der Waals surface area contributed by atoms with Gasteiger partial charge in [-0.2, -0.15) is 0 Å². The fraction of sp³-hybridized carbons (Fsp3) is 0.276. The molecular weight excluding hydrogens is 454 g/mol. The lowest BCUT2D eigenvalue weighted by atomic mass is 9.84. The number of hydrogen-bond donors (Lipinski definition) is 3. The topological polar surface area (TPSA) is 113 Å². The maximum absolute atomic E-state index is 14.1. The number of carbonyl (C=O) groups is 3. The Morgan fingerprint density at radius 1 is 0.917 bits per heavy atom. The number of rotatable bonds is 5. The molecule has 1 heterocycles. The Morgan fingerprint density at radius 3 is 2.36 bits per heavy atom. The summed E-state index contributed by atoms with van der Waals surface area (Å²) in [6, 6.07) is 20.5. The van der Waals surface area contributed by atoms with Crippen molar-refractivity contribution in [2.45, 2.75) is 43.7 Å². The monoisotopic (exact) mass is 483 g/mol. The summed E-state index contributed by atoms with van der Waals surface area (Å²) in [5, 5.41) is 12.7. The largest absolute Gasteiger partial charge is 0.478 e. The molecular formula is C29H29N3O4. The molecule has 2 unspecified atom stereocenters. The zero-order valence-corrected chi connectivity index (χ0v) is 19.9. The Balaban J connectivity index is 1.54. The van der Waals surface area contributed by atoms with Crippen LogP contribution in [-0.2, 0) is 11.2 Å². The smallest absolute Gasteiger partial charge is 0.335 e. The van der Waals surface area contributed by atoms with Gasteiger partial charge in [0.2, 0.25) is 0 Å². The van der Waals surface area contributed by atoms with E-state index in [1.165, 1.54) is 29.2 Å². The fourth-order valence-electron chi connectivity index (χ4n) is 5.36. The number of piperidine rings is 1. The Morgan fingerprint density at radius 2 is 1.64 bits per heavy atom. The van der Waals surface area contributed by atoms with E-state index >= 15 is 0 Å². The highest BCUT2D eigenvalue weighted by molar-refractivity contribution is 6.22. The molecule has 7 heteroatoms. The first-order valence-electron chi connectivity index (χ1n) is 12.3. The molecule has 36 heavy (non-hydrogen) atoms. The van der Waals surface area contributed by atoms with Crippen molar-refractivity contribution >= 4 is 23.5 Å². The predicted molar refractivity (Wildman–Crippen MR) is 137 cm³/mol. The first-order valence-corrected chi connectivity index (χ1v) is 12.3. The maximum atomic E-state index is 14.1. The molecule has 3 aromatic carbocycles. The average Bonchev–Trinajstić information content (AvgIpc) is 3.29. The number of imide groups is 1. The highest BCUT2D eigenvalue weighted by Gasteiger charge is 2.38. The summed E-state index contributed by atoms with van der Waals surface area (Å²) in [5.41, 5.74) is 10.1. The van der Waals surface area contributed by atoms with E-state index in [9.17, 15) is 19.5 Å². The molecule has 3 atom stereocenters. The summed E-state index contributed by atoms with van der Waals surface area (Å²) in [6.07, 6.45) is 3.37. The second-order valence-electron chi connectivity index (χ2n) is 9.48. The molecule has 2 amide bonds. The van der Waals surface area contributed by atoms with Crippen molar-refractivity contribution in [1.82, 2.24) is 5.32 Å². The number of nitrogens with zero attached hydrogens (tertiary/aromatic N) is 1. The molecule has 1 saturated heterocycles. The van der Waals surface area contributed by atoms with Crippen molar-refractivity contribution in [3.05, 3.63) is 101 Å². The minimum atomic E-state index is -1.07. The second-order valence-corrected chi connectivity index (χ2v) is 9.48. The number of fused-ring (bicyclic) bond motifs is 1. The SMILES string of the molecule is N[C@H]1CCc2cc(C(=O)N(C(=O)C3NCCCC3c3ccccc3)c3ccc(C(=O)O)cc3)ccc21. The highest BCUT2D eigenvalue weighted by Crippen LogP contribution is 2.33. The molecule has 1 aliphatic heterocycles. The van der Waals surface area contributed by atoms with Crippen LogP contribution in [0, 0.1) is 0 Å². The van der Waals surface area contributed by atoms with Crippen molar-refractivity contribution in [2.24, 2.45) is 5.73 Å². The first-order chi connectivity index (χ1) is 17.4. The van der Waals surface area contributed by atoms with Gasteiger partial charge in [-0.3, -0.25) is 9.59 Å². The van der Waals surface area contributed by atoms with Crippen LogP contribution >= 0.6 is 0 Å². The van der Waals surface area contributed by atoms with Crippen LogP contribution in [0.15, 0.2) is 72.8 Å². The molecule has 5 rings (SSSR count). The molecule has 7 nitrogen and oxygen atoms in total. The molecule has 3 aromatic rings. The van der Waals surface area contributed by atoms with Crippen LogP contribution < -0.4 is 16.0 Å². The third-order valence-corrected chi connectivity index (χ3v) is 7.26. The van der Waals surface area contributed by atoms with Gasteiger partial charge in [-0.1, -0.05) is 36.4 Å². The van der Waals surface area contributed by atoms with Gasteiger partial charge in [0.15, 0.2) is 0 Å². The van der Waals surface area contributed by atoms with E-state index in [4.69, 9.17) is 5.73 Å². The summed E-state index contributed by atoms with van der Waals surface area (Å²) >= 11 is 0. The minimum absolute atomic E-state index is 0.0384. The molecule has 4 N–H and O–H groups in total.